The number of hydrogen-bond donors (Lipinski definition) is 0. The van der Waals surface area contributed by atoms with Crippen molar-refractivity contribution in [2.75, 3.05) is 26.3 Å². The second kappa shape index (κ2) is 8.51. The molecule has 22 heavy (non-hydrogen) atoms. The zero-order chi connectivity index (χ0) is 16.8. The Kier molecular flexibility index (Phi) is 7.33. The molecule has 1 unspecified atom stereocenters. The largest absolute Gasteiger partial charge is 0.444 e. The van der Waals surface area contributed by atoms with Crippen LogP contribution in [0.4, 0.5) is 4.79 Å². The lowest BCUT2D eigenvalue weighted by Gasteiger charge is -2.33. The molecule has 1 amide bonds. The molecular weight excluding hydrogens is 282 g/mol. The van der Waals surface area contributed by atoms with Gasteiger partial charge in [-0.1, -0.05) is 13.8 Å². The molecule has 0 radical (unpaired) electrons. The number of carbonyl (C=O) groups is 2. The van der Waals surface area contributed by atoms with E-state index in [-0.39, 0.29) is 17.8 Å². The van der Waals surface area contributed by atoms with Crippen molar-refractivity contribution in [3.05, 3.63) is 0 Å². The third kappa shape index (κ3) is 7.25. The highest BCUT2D eigenvalue weighted by atomic mass is 16.6. The molecule has 0 spiro atoms. The zero-order valence-corrected chi connectivity index (χ0v) is 14.7. The van der Waals surface area contributed by atoms with E-state index >= 15 is 0 Å². The Balaban J connectivity index is 2.37. The maximum absolute atomic E-state index is 12.1. The van der Waals surface area contributed by atoms with Gasteiger partial charge >= 0.3 is 6.09 Å². The Bertz CT molecular complexity index is 373. The lowest BCUT2D eigenvalue weighted by atomic mass is 9.94. The van der Waals surface area contributed by atoms with Crippen molar-refractivity contribution >= 4 is 11.9 Å². The minimum absolute atomic E-state index is 0.125. The third-order valence-corrected chi connectivity index (χ3v) is 3.63. The van der Waals surface area contributed by atoms with E-state index in [2.05, 4.69) is 13.8 Å². The van der Waals surface area contributed by atoms with Gasteiger partial charge in [0.2, 0.25) is 0 Å². The summed E-state index contributed by atoms with van der Waals surface area (Å²) >= 11 is 0. The summed E-state index contributed by atoms with van der Waals surface area (Å²) in [7, 11) is 0. The summed E-state index contributed by atoms with van der Waals surface area (Å²) in [4.78, 5) is 25.7. The first kappa shape index (κ1) is 18.9. The van der Waals surface area contributed by atoms with Gasteiger partial charge in [0.15, 0.2) is 0 Å². The van der Waals surface area contributed by atoms with Crippen molar-refractivity contribution in [1.82, 2.24) is 4.90 Å². The fraction of sp³-hybridized carbons (Fsp3) is 0.882. The smallest absolute Gasteiger partial charge is 0.410 e. The van der Waals surface area contributed by atoms with Gasteiger partial charge in [0.1, 0.15) is 11.4 Å². The molecule has 1 heterocycles. The molecule has 1 atom stereocenters. The van der Waals surface area contributed by atoms with Crippen LogP contribution in [0.1, 0.15) is 53.9 Å². The Morgan fingerprint density at radius 1 is 1.32 bits per heavy atom. The van der Waals surface area contributed by atoms with Crippen LogP contribution in [0.5, 0.6) is 0 Å². The second-order valence-electron chi connectivity index (χ2n) is 7.42. The highest BCUT2D eigenvalue weighted by Gasteiger charge is 2.31. The Morgan fingerprint density at radius 3 is 2.59 bits per heavy atom. The highest BCUT2D eigenvalue weighted by molar-refractivity contribution is 5.84. The van der Waals surface area contributed by atoms with E-state index in [1.54, 1.807) is 4.90 Å². The molecule has 5 heteroatoms. The van der Waals surface area contributed by atoms with Crippen molar-refractivity contribution in [2.24, 2.45) is 11.8 Å². The number of piperidine rings is 1. The molecule has 0 bridgehead atoms. The van der Waals surface area contributed by atoms with Crippen molar-refractivity contribution in [1.29, 1.82) is 0 Å². The molecular formula is C17H31NO4. The van der Waals surface area contributed by atoms with E-state index in [1.165, 1.54) is 0 Å². The highest BCUT2D eigenvalue weighted by Crippen LogP contribution is 2.19. The van der Waals surface area contributed by atoms with Gasteiger partial charge < -0.3 is 14.4 Å². The van der Waals surface area contributed by atoms with Crippen LogP contribution in [0.25, 0.3) is 0 Å². The molecule has 0 N–H and O–H groups in total. The SMILES string of the molecule is CC(C)CCOCCC1CN(C(=O)OC(C)(C)C)CCC1=O. The fourth-order valence-electron chi connectivity index (χ4n) is 2.30. The fourth-order valence-corrected chi connectivity index (χ4v) is 2.30. The molecule has 1 aliphatic heterocycles. The average Bonchev–Trinajstić information content (AvgIpc) is 2.37. The summed E-state index contributed by atoms with van der Waals surface area (Å²) in [6.07, 6.45) is 1.79. The number of ketones is 1. The number of ether oxygens (including phenoxy) is 2. The van der Waals surface area contributed by atoms with Gasteiger partial charge in [0.25, 0.3) is 0 Å². The molecule has 1 saturated heterocycles. The molecule has 1 rings (SSSR count). The predicted molar refractivity (Wildman–Crippen MR) is 85.8 cm³/mol. The normalized spacial score (nSPS) is 19.6. The van der Waals surface area contributed by atoms with Crippen LogP contribution >= 0.6 is 0 Å². The maximum Gasteiger partial charge on any atom is 0.410 e. The summed E-state index contributed by atoms with van der Waals surface area (Å²) in [6.45, 7) is 12.1. The zero-order valence-electron chi connectivity index (χ0n) is 14.7. The molecule has 0 saturated carbocycles. The number of likely N-dealkylation sites (tertiary alicyclic amines) is 1. The van der Waals surface area contributed by atoms with E-state index in [9.17, 15) is 9.59 Å². The number of nitrogens with zero attached hydrogens (tertiary/aromatic N) is 1. The van der Waals surface area contributed by atoms with Crippen molar-refractivity contribution in [2.45, 2.75) is 59.5 Å². The van der Waals surface area contributed by atoms with E-state index in [1.807, 2.05) is 20.8 Å². The van der Waals surface area contributed by atoms with E-state index < -0.39 is 5.60 Å². The van der Waals surface area contributed by atoms with Crippen LogP contribution in [-0.2, 0) is 14.3 Å². The second-order valence-corrected chi connectivity index (χ2v) is 7.42. The van der Waals surface area contributed by atoms with Gasteiger partial charge in [0.05, 0.1) is 0 Å². The van der Waals surface area contributed by atoms with Gasteiger partial charge in [-0.05, 0) is 39.5 Å². The lowest BCUT2D eigenvalue weighted by Crippen LogP contribution is -2.46. The summed E-state index contributed by atoms with van der Waals surface area (Å²) in [5.74, 6) is 0.728. The van der Waals surface area contributed by atoms with Crippen LogP contribution in [0.3, 0.4) is 0 Å². The van der Waals surface area contributed by atoms with Crippen LogP contribution < -0.4 is 0 Å². The molecule has 5 nitrogen and oxygen atoms in total. The molecule has 0 aromatic heterocycles. The van der Waals surface area contributed by atoms with Crippen LogP contribution in [-0.4, -0.2) is 48.7 Å². The van der Waals surface area contributed by atoms with Crippen molar-refractivity contribution in [3.63, 3.8) is 0 Å². The number of carbonyl (C=O) groups excluding carboxylic acids is 2. The van der Waals surface area contributed by atoms with E-state index in [4.69, 9.17) is 9.47 Å². The molecule has 0 aromatic rings. The monoisotopic (exact) mass is 313 g/mol. The standard InChI is InChI=1S/C17H31NO4/c1-13(2)7-10-21-11-8-14-12-18(9-6-15(14)19)16(20)22-17(3,4)5/h13-14H,6-12H2,1-5H3. The molecule has 0 aromatic carbocycles. The van der Waals surface area contributed by atoms with Crippen LogP contribution in [0.2, 0.25) is 0 Å². The first-order valence-corrected chi connectivity index (χ1v) is 8.27. The summed E-state index contributed by atoms with van der Waals surface area (Å²) in [5.41, 5.74) is -0.506. The Hall–Kier alpha value is -1.10. The summed E-state index contributed by atoms with van der Waals surface area (Å²) in [5, 5.41) is 0. The molecule has 0 aliphatic carbocycles. The Labute approximate surface area is 134 Å². The lowest BCUT2D eigenvalue weighted by molar-refractivity contribution is -0.126. The average molecular weight is 313 g/mol. The number of hydrogen-bond acceptors (Lipinski definition) is 4. The topological polar surface area (TPSA) is 55.8 Å². The van der Waals surface area contributed by atoms with Gasteiger partial charge in [0, 0.05) is 38.6 Å². The van der Waals surface area contributed by atoms with Crippen molar-refractivity contribution < 1.29 is 19.1 Å². The minimum Gasteiger partial charge on any atom is -0.444 e. The van der Waals surface area contributed by atoms with Gasteiger partial charge in [-0.2, -0.15) is 0 Å². The minimum atomic E-state index is -0.506. The third-order valence-electron chi connectivity index (χ3n) is 3.63. The summed E-state index contributed by atoms with van der Waals surface area (Å²) < 4.78 is 11.0. The van der Waals surface area contributed by atoms with Gasteiger partial charge in [-0.3, -0.25) is 4.79 Å². The maximum atomic E-state index is 12.1. The number of amides is 1. The summed E-state index contributed by atoms with van der Waals surface area (Å²) in [6, 6.07) is 0. The van der Waals surface area contributed by atoms with Gasteiger partial charge in [-0.15, -0.1) is 0 Å². The first-order chi connectivity index (χ1) is 10.2. The molecule has 128 valence electrons. The Morgan fingerprint density at radius 2 is 2.00 bits per heavy atom. The number of rotatable bonds is 6. The van der Waals surface area contributed by atoms with E-state index in [0.29, 0.717) is 38.5 Å². The number of Topliss-reactive ketones (excluding diaryl/α,β-unsaturated/α-hetero) is 1. The van der Waals surface area contributed by atoms with Crippen molar-refractivity contribution in [3.8, 4) is 0 Å². The molecule has 1 fully saturated rings. The van der Waals surface area contributed by atoms with Crippen LogP contribution in [0.15, 0.2) is 0 Å². The van der Waals surface area contributed by atoms with Gasteiger partial charge in [-0.25, -0.2) is 4.79 Å². The van der Waals surface area contributed by atoms with Crippen LogP contribution in [0, 0.1) is 11.8 Å². The first-order valence-electron chi connectivity index (χ1n) is 8.27. The predicted octanol–water partition coefficient (Wildman–Crippen LogP) is 3.27. The van der Waals surface area contributed by atoms with E-state index in [0.717, 1.165) is 13.0 Å². The molecule has 1 aliphatic rings. The quantitative estimate of drug-likeness (QED) is 0.706.